The maximum absolute atomic E-state index is 11.2. The second-order valence-electron chi connectivity index (χ2n) is 14.1. The van der Waals surface area contributed by atoms with E-state index in [9.17, 15) is 4.79 Å². The minimum Gasteiger partial charge on any atom is -0.450 e. The molecule has 0 heterocycles. The maximum Gasteiger partial charge on any atom is 0.506 e. The van der Waals surface area contributed by atoms with Crippen LogP contribution in [-0.2, 0) is 4.74 Å². The van der Waals surface area contributed by atoms with Gasteiger partial charge in [-0.25, -0.2) is 4.79 Å². The van der Waals surface area contributed by atoms with Gasteiger partial charge in [-0.2, -0.15) is 0 Å². The third-order valence-corrected chi connectivity index (χ3v) is 9.58. The lowest BCUT2D eigenvalue weighted by Crippen LogP contribution is -2.42. The summed E-state index contributed by atoms with van der Waals surface area (Å²) in [5, 5.41) is 9.16. The smallest absolute Gasteiger partial charge is 0.450 e. The molecule has 0 saturated heterocycles. The number of ether oxygens (including phenoxy) is 1. The zero-order valence-corrected chi connectivity index (χ0v) is 32.2. The highest BCUT2D eigenvalue weighted by molar-refractivity contribution is 5.57. The maximum atomic E-state index is 11.2. The second kappa shape index (κ2) is 36.4. The molecule has 3 N–H and O–H groups in total. The summed E-state index contributed by atoms with van der Waals surface area (Å²) in [6.45, 7) is 6.57. The Kier molecular flexibility index (Phi) is 35.0. The molecule has 5 nitrogen and oxygen atoms in total. The van der Waals surface area contributed by atoms with Gasteiger partial charge in [0.05, 0.1) is 6.17 Å². The average molecular weight is 673 g/mol. The molecule has 0 saturated carbocycles. The van der Waals surface area contributed by atoms with Gasteiger partial charge in [-0.05, 0) is 117 Å². The molecule has 0 aliphatic heterocycles. The molecule has 0 aliphatic rings. The van der Waals surface area contributed by atoms with Gasteiger partial charge >= 0.3 is 6.16 Å². The minimum atomic E-state index is -1.12. The van der Waals surface area contributed by atoms with Crippen LogP contribution in [0, 0.1) is 0 Å². The number of nitrogens with zero attached hydrogens (tertiary/aromatic N) is 1. The largest absolute Gasteiger partial charge is 0.506 e. The predicted octanol–water partition coefficient (Wildman–Crippen LogP) is 13.5. The van der Waals surface area contributed by atoms with Crippen molar-refractivity contribution in [3.05, 3.63) is 48.6 Å². The molecule has 48 heavy (non-hydrogen) atoms. The summed E-state index contributed by atoms with van der Waals surface area (Å²) in [5.41, 5.74) is 5.96. The van der Waals surface area contributed by atoms with Crippen LogP contribution in [0.1, 0.15) is 194 Å². The Balaban J connectivity index is 3.65. The second-order valence-corrected chi connectivity index (χ2v) is 14.1. The van der Waals surface area contributed by atoms with Gasteiger partial charge in [-0.15, -0.1) is 0 Å². The van der Waals surface area contributed by atoms with Gasteiger partial charge < -0.3 is 15.6 Å². The van der Waals surface area contributed by atoms with Crippen LogP contribution in [0.4, 0.5) is 4.79 Å². The van der Waals surface area contributed by atoms with Crippen molar-refractivity contribution < 1.29 is 14.6 Å². The highest BCUT2D eigenvalue weighted by Gasteiger charge is 2.13. The summed E-state index contributed by atoms with van der Waals surface area (Å²) >= 11 is 0. The molecule has 0 aromatic rings. The molecule has 0 amide bonds. The van der Waals surface area contributed by atoms with E-state index in [1.165, 1.54) is 135 Å². The van der Waals surface area contributed by atoms with Gasteiger partial charge in [-0.1, -0.05) is 133 Å². The summed E-state index contributed by atoms with van der Waals surface area (Å²) in [5.74, 6) is 0. The molecule has 3 atom stereocenters. The molecule has 5 heteroatoms. The van der Waals surface area contributed by atoms with Crippen molar-refractivity contribution in [2.75, 3.05) is 7.05 Å². The Hall–Kier alpha value is -1.85. The molecule has 280 valence electrons. The first-order chi connectivity index (χ1) is 23.4. The number of carbonyl (C=O) groups is 1. The topological polar surface area (TPSA) is 75.8 Å². The molecule has 0 aromatic heterocycles. The van der Waals surface area contributed by atoms with E-state index >= 15 is 0 Å². The molecule has 0 aromatic carbocycles. The van der Waals surface area contributed by atoms with Crippen LogP contribution in [0.3, 0.4) is 0 Å². The molecular weight excluding hydrogens is 592 g/mol. The van der Waals surface area contributed by atoms with Crippen molar-refractivity contribution in [1.82, 2.24) is 4.90 Å². The van der Waals surface area contributed by atoms with Crippen LogP contribution in [0.25, 0.3) is 0 Å². The Morgan fingerprint density at radius 1 is 0.583 bits per heavy atom. The fraction of sp³-hybridized carbons (Fsp3) is 0.791. The minimum absolute atomic E-state index is 0.130. The lowest BCUT2D eigenvalue weighted by molar-refractivity contribution is 0.0422. The quantitative estimate of drug-likeness (QED) is 0.0303. The first kappa shape index (κ1) is 46.1. The van der Waals surface area contributed by atoms with Crippen LogP contribution >= 0.6 is 0 Å². The molecular formula is C43H80N2O3. The fourth-order valence-electron chi connectivity index (χ4n) is 6.10. The molecule has 0 spiro atoms. The fourth-order valence-corrected chi connectivity index (χ4v) is 6.10. The normalized spacial score (nSPS) is 14.3. The Morgan fingerprint density at radius 3 is 1.33 bits per heavy atom. The van der Waals surface area contributed by atoms with Crippen molar-refractivity contribution >= 4 is 6.16 Å². The number of carboxylic acid groups (broad SMARTS) is 1. The molecule has 0 radical (unpaired) electrons. The summed E-state index contributed by atoms with van der Waals surface area (Å²) in [7, 11) is 2.12. The molecule has 0 fully saturated rings. The number of hydrogen-bond acceptors (Lipinski definition) is 4. The number of hydrogen-bond donors (Lipinski definition) is 2. The van der Waals surface area contributed by atoms with Crippen LogP contribution in [-0.4, -0.2) is 41.5 Å². The Morgan fingerprint density at radius 2 is 0.938 bits per heavy atom. The van der Waals surface area contributed by atoms with Crippen molar-refractivity contribution in [3.63, 3.8) is 0 Å². The molecule has 0 rings (SSSR count). The van der Waals surface area contributed by atoms with E-state index in [4.69, 9.17) is 15.6 Å². The lowest BCUT2D eigenvalue weighted by Gasteiger charge is -2.28. The first-order valence-electron chi connectivity index (χ1n) is 20.4. The lowest BCUT2D eigenvalue weighted by atomic mass is 10.0. The van der Waals surface area contributed by atoms with Crippen LogP contribution in [0.2, 0.25) is 0 Å². The summed E-state index contributed by atoms with van der Waals surface area (Å²) in [4.78, 5) is 13.4. The van der Waals surface area contributed by atoms with E-state index in [0.717, 1.165) is 38.5 Å². The number of rotatable bonds is 35. The zero-order chi connectivity index (χ0) is 35.3. The highest BCUT2D eigenvalue weighted by atomic mass is 16.7. The first-order valence-corrected chi connectivity index (χ1v) is 20.4. The standard InChI is InChI=1S/C43H80N2O3/c1-5-6-7-8-9-10-11-12-13-17-20-23-26-29-32-35-38-42(48-43(46)47)39-36-33-30-27-24-21-18-15-14-16-19-22-25-28-31-34-37-40(2)45(4)41(3)44/h9-10,12-15,19,22,40-42H,5-8,11,16-18,20-21,23-39,44H2,1-4H3,(H,46,47)/b10-9-,13-12-,15-14-,22-19-. The number of allylic oxidation sites excluding steroid dienone is 8. The average Bonchev–Trinajstić information content (AvgIpc) is 3.06. The van der Waals surface area contributed by atoms with Crippen LogP contribution in [0.5, 0.6) is 0 Å². The van der Waals surface area contributed by atoms with Crippen molar-refractivity contribution in [1.29, 1.82) is 0 Å². The summed E-state index contributed by atoms with van der Waals surface area (Å²) in [6, 6.07) is 0.560. The van der Waals surface area contributed by atoms with E-state index < -0.39 is 6.16 Å². The molecule has 0 bridgehead atoms. The third-order valence-electron chi connectivity index (χ3n) is 9.58. The SMILES string of the molecule is CCCCC/C=C\C/C=C\CCCCCCCCC(CCCCCCCC/C=C\C/C=C\CCCCCC(C)N(C)C(C)N)OC(=O)O. The van der Waals surface area contributed by atoms with Crippen molar-refractivity contribution in [3.8, 4) is 0 Å². The summed E-state index contributed by atoms with van der Waals surface area (Å²) in [6.07, 6.45) is 49.7. The monoisotopic (exact) mass is 673 g/mol. The van der Waals surface area contributed by atoms with E-state index in [0.29, 0.717) is 6.04 Å². The van der Waals surface area contributed by atoms with Gasteiger partial charge in [-0.3, -0.25) is 4.90 Å². The van der Waals surface area contributed by atoms with E-state index in [1.807, 2.05) is 0 Å². The summed E-state index contributed by atoms with van der Waals surface area (Å²) < 4.78 is 5.21. The van der Waals surface area contributed by atoms with Gasteiger partial charge in [0.2, 0.25) is 0 Å². The molecule has 3 unspecified atom stereocenters. The number of unbranched alkanes of at least 4 members (excludes halogenated alkanes) is 18. The van der Waals surface area contributed by atoms with Crippen molar-refractivity contribution in [2.45, 2.75) is 212 Å². The van der Waals surface area contributed by atoms with Gasteiger partial charge in [0.15, 0.2) is 0 Å². The van der Waals surface area contributed by atoms with E-state index in [-0.39, 0.29) is 12.3 Å². The third kappa shape index (κ3) is 34.0. The number of nitrogens with two attached hydrogens (primary N) is 1. The zero-order valence-electron chi connectivity index (χ0n) is 32.2. The Labute approximate surface area is 298 Å². The van der Waals surface area contributed by atoms with Gasteiger partial charge in [0.1, 0.15) is 6.10 Å². The van der Waals surface area contributed by atoms with Crippen molar-refractivity contribution in [2.24, 2.45) is 5.73 Å². The van der Waals surface area contributed by atoms with E-state index in [1.54, 1.807) is 0 Å². The van der Waals surface area contributed by atoms with Crippen LogP contribution < -0.4 is 5.73 Å². The molecule has 0 aliphatic carbocycles. The highest BCUT2D eigenvalue weighted by Crippen LogP contribution is 2.18. The van der Waals surface area contributed by atoms with Crippen LogP contribution in [0.15, 0.2) is 48.6 Å². The van der Waals surface area contributed by atoms with Gasteiger partial charge in [0, 0.05) is 6.04 Å². The predicted molar refractivity (Wildman–Crippen MR) is 211 cm³/mol. The van der Waals surface area contributed by atoms with Gasteiger partial charge in [0.25, 0.3) is 0 Å². The Bertz CT molecular complexity index is 804. The van der Waals surface area contributed by atoms with E-state index in [2.05, 4.69) is 81.3 Å².